The summed E-state index contributed by atoms with van der Waals surface area (Å²) in [6, 6.07) is 15.9. The van der Waals surface area contributed by atoms with E-state index in [1.165, 1.54) is 12.1 Å². The van der Waals surface area contributed by atoms with Gasteiger partial charge in [0.1, 0.15) is 0 Å². The first-order valence-corrected chi connectivity index (χ1v) is 8.23. The Hall–Kier alpha value is -1.36. The van der Waals surface area contributed by atoms with E-state index in [2.05, 4.69) is 4.72 Å². The second kappa shape index (κ2) is 4.88. The summed E-state index contributed by atoms with van der Waals surface area (Å²) < 4.78 is 27.7. The summed E-state index contributed by atoms with van der Waals surface area (Å²) in [6.45, 7) is 0. The minimum atomic E-state index is -3.53. The molecule has 0 unspecified atom stereocenters. The molecule has 1 saturated carbocycles. The number of nitrogens with one attached hydrogen (secondary N) is 1. The molecule has 0 bridgehead atoms. The Morgan fingerprint density at radius 1 is 0.950 bits per heavy atom. The highest BCUT2D eigenvalue weighted by Crippen LogP contribution is 2.46. The van der Waals surface area contributed by atoms with Crippen molar-refractivity contribution in [3.8, 4) is 0 Å². The van der Waals surface area contributed by atoms with Crippen molar-refractivity contribution in [1.29, 1.82) is 0 Å². The maximum Gasteiger partial charge on any atom is 0.241 e. The van der Waals surface area contributed by atoms with Crippen LogP contribution in [0.4, 0.5) is 0 Å². The molecule has 1 fully saturated rings. The lowest BCUT2D eigenvalue weighted by Crippen LogP contribution is -2.34. The monoisotopic (exact) mass is 307 g/mol. The zero-order valence-corrected chi connectivity index (χ0v) is 12.3. The second-order valence-electron chi connectivity index (χ2n) is 5.01. The third-order valence-electron chi connectivity index (χ3n) is 3.53. The van der Waals surface area contributed by atoms with Gasteiger partial charge in [0.2, 0.25) is 10.0 Å². The van der Waals surface area contributed by atoms with E-state index in [4.69, 9.17) is 11.6 Å². The SMILES string of the molecule is O=S(=O)(NC1(c2ccccc2)CC1)c1ccc(Cl)cc1. The molecule has 0 spiro atoms. The van der Waals surface area contributed by atoms with Gasteiger partial charge in [0, 0.05) is 5.02 Å². The fraction of sp³-hybridized carbons (Fsp3) is 0.200. The van der Waals surface area contributed by atoms with Gasteiger partial charge in [-0.15, -0.1) is 0 Å². The minimum absolute atomic E-state index is 0.240. The molecule has 20 heavy (non-hydrogen) atoms. The molecule has 3 rings (SSSR count). The Labute approximate surface area is 123 Å². The van der Waals surface area contributed by atoms with Crippen molar-refractivity contribution in [3.05, 3.63) is 65.2 Å². The highest BCUT2D eigenvalue weighted by Gasteiger charge is 2.47. The molecule has 2 aromatic carbocycles. The van der Waals surface area contributed by atoms with E-state index >= 15 is 0 Å². The normalized spacial score (nSPS) is 16.9. The molecule has 2 aromatic rings. The second-order valence-corrected chi connectivity index (χ2v) is 7.13. The summed E-state index contributed by atoms with van der Waals surface area (Å²) in [4.78, 5) is 0.240. The standard InChI is InChI=1S/C15H14ClNO2S/c16-13-6-8-14(9-7-13)20(18,19)17-15(10-11-15)12-4-2-1-3-5-12/h1-9,17H,10-11H2. The van der Waals surface area contributed by atoms with Crippen LogP contribution in [0.25, 0.3) is 0 Å². The maximum absolute atomic E-state index is 12.4. The van der Waals surface area contributed by atoms with Crippen LogP contribution in [-0.2, 0) is 15.6 Å². The number of sulfonamides is 1. The van der Waals surface area contributed by atoms with Gasteiger partial charge in [-0.2, -0.15) is 0 Å². The molecular weight excluding hydrogens is 294 g/mol. The van der Waals surface area contributed by atoms with Crippen LogP contribution < -0.4 is 4.72 Å². The zero-order chi connectivity index (χ0) is 14.2. The summed E-state index contributed by atoms with van der Waals surface area (Å²) in [6.07, 6.45) is 1.65. The van der Waals surface area contributed by atoms with E-state index in [0.29, 0.717) is 5.02 Å². The number of rotatable bonds is 4. The van der Waals surface area contributed by atoms with E-state index < -0.39 is 15.6 Å². The van der Waals surface area contributed by atoms with E-state index in [9.17, 15) is 8.42 Å². The van der Waals surface area contributed by atoms with Crippen LogP contribution in [0.1, 0.15) is 18.4 Å². The molecular formula is C15H14ClNO2S. The molecule has 104 valence electrons. The minimum Gasteiger partial charge on any atom is -0.207 e. The van der Waals surface area contributed by atoms with E-state index in [0.717, 1.165) is 18.4 Å². The van der Waals surface area contributed by atoms with Crippen molar-refractivity contribution in [1.82, 2.24) is 4.72 Å². The molecule has 1 N–H and O–H groups in total. The summed E-state index contributed by atoms with van der Waals surface area (Å²) in [5.74, 6) is 0. The molecule has 0 amide bonds. The lowest BCUT2D eigenvalue weighted by molar-refractivity contribution is 0.552. The van der Waals surface area contributed by atoms with Crippen LogP contribution in [0.3, 0.4) is 0 Å². The van der Waals surface area contributed by atoms with Crippen LogP contribution in [0.15, 0.2) is 59.5 Å². The lowest BCUT2D eigenvalue weighted by Gasteiger charge is -2.18. The average molecular weight is 308 g/mol. The summed E-state index contributed by atoms with van der Waals surface area (Å²) in [7, 11) is -3.53. The molecule has 5 heteroatoms. The Morgan fingerprint density at radius 2 is 1.55 bits per heavy atom. The van der Waals surface area contributed by atoms with Gasteiger partial charge >= 0.3 is 0 Å². The van der Waals surface area contributed by atoms with E-state index in [1.54, 1.807) is 12.1 Å². The average Bonchev–Trinajstić information content (AvgIpc) is 3.20. The molecule has 0 aromatic heterocycles. The Balaban J connectivity index is 1.89. The predicted octanol–water partition coefficient (Wildman–Crippen LogP) is 3.31. The van der Waals surface area contributed by atoms with Crippen molar-refractivity contribution in [2.24, 2.45) is 0 Å². The zero-order valence-electron chi connectivity index (χ0n) is 10.7. The molecule has 0 atom stereocenters. The lowest BCUT2D eigenvalue weighted by atomic mass is 10.1. The summed E-state index contributed by atoms with van der Waals surface area (Å²) >= 11 is 5.79. The largest absolute Gasteiger partial charge is 0.241 e. The Kier molecular flexibility index (Phi) is 3.32. The number of benzene rings is 2. The third-order valence-corrected chi connectivity index (χ3v) is 5.33. The summed E-state index contributed by atoms with van der Waals surface area (Å²) in [5, 5.41) is 0.521. The van der Waals surface area contributed by atoms with Gasteiger partial charge in [-0.3, -0.25) is 0 Å². The predicted molar refractivity (Wildman–Crippen MR) is 79.1 cm³/mol. The molecule has 3 nitrogen and oxygen atoms in total. The first-order chi connectivity index (χ1) is 9.52. The molecule has 0 heterocycles. The number of hydrogen-bond acceptors (Lipinski definition) is 2. The van der Waals surface area contributed by atoms with Crippen molar-refractivity contribution in [3.63, 3.8) is 0 Å². The number of halogens is 1. The van der Waals surface area contributed by atoms with E-state index in [1.807, 2.05) is 30.3 Å². The van der Waals surface area contributed by atoms with Crippen molar-refractivity contribution >= 4 is 21.6 Å². The molecule has 1 aliphatic carbocycles. The van der Waals surface area contributed by atoms with Gasteiger partial charge in [-0.1, -0.05) is 41.9 Å². The first kappa shape index (κ1) is 13.6. The topological polar surface area (TPSA) is 46.2 Å². The Morgan fingerprint density at radius 3 is 2.10 bits per heavy atom. The third kappa shape index (κ3) is 2.59. The quantitative estimate of drug-likeness (QED) is 0.942. The van der Waals surface area contributed by atoms with Gasteiger partial charge in [-0.25, -0.2) is 13.1 Å². The molecule has 0 radical (unpaired) electrons. The van der Waals surface area contributed by atoms with Crippen molar-refractivity contribution < 1.29 is 8.42 Å². The highest BCUT2D eigenvalue weighted by molar-refractivity contribution is 7.89. The van der Waals surface area contributed by atoms with E-state index in [-0.39, 0.29) is 4.90 Å². The van der Waals surface area contributed by atoms with Crippen molar-refractivity contribution in [2.75, 3.05) is 0 Å². The molecule has 0 aliphatic heterocycles. The fourth-order valence-corrected chi connectivity index (χ4v) is 3.84. The first-order valence-electron chi connectivity index (χ1n) is 6.37. The van der Waals surface area contributed by atoms with Gasteiger partial charge in [0.25, 0.3) is 0 Å². The Bertz CT molecular complexity index is 707. The summed E-state index contributed by atoms with van der Waals surface area (Å²) in [5.41, 5.74) is 0.567. The highest BCUT2D eigenvalue weighted by atomic mass is 35.5. The van der Waals surface area contributed by atoms with Gasteiger partial charge in [0.05, 0.1) is 10.4 Å². The number of hydrogen-bond donors (Lipinski definition) is 1. The van der Waals surface area contributed by atoms with Crippen LogP contribution in [0.5, 0.6) is 0 Å². The van der Waals surface area contributed by atoms with Crippen molar-refractivity contribution in [2.45, 2.75) is 23.3 Å². The van der Waals surface area contributed by atoms with Crippen LogP contribution >= 0.6 is 11.6 Å². The smallest absolute Gasteiger partial charge is 0.207 e. The van der Waals surface area contributed by atoms with Crippen LogP contribution in [-0.4, -0.2) is 8.42 Å². The van der Waals surface area contributed by atoms with Gasteiger partial charge < -0.3 is 0 Å². The van der Waals surface area contributed by atoms with Gasteiger partial charge in [0.15, 0.2) is 0 Å². The maximum atomic E-state index is 12.4. The van der Waals surface area contributed by atoms with Crippen LogP contribution in [0.2, 0.25) is 5.02 Å². The molecule has 1 aliphatic rings. The van der Waals surface area contributed by atoms with Crippen LogP contribution in [0, 0.1) is 0 Å². The van der Waals surface area contributed by atoms with Gasteiger partial charge in [-0.05, 0) is 42.7 Å². The molecule has 0 saturated heterocycles. The fourth-order valence-electron chi connectivity index (χ4n) is 2.26.